The van der Waals surface area contributed by atoms with Gasteiger partial charge in [0.25, 0.3) is 5.91 Å². The van der Waals surface area contributed by atoms with Gasteiger partial charge in [0.2, 0.25) is 5.88 Å². The monoisotopic (exact) mass is 732 g/mol. The van der Waals surface area contributed by atoms with Crippen LogP contribution >= 0.6 is 11.8 Å². The van der Waals surface area contributed by atoms with Crippen molar-refractivity contribution in [3.63, 3.8) is 0 Å². The Bertz CT molecular complexity index is 1890. The van der Waals surface area contributed by atoms with Gasteiger partial charge >= 0.3 is 0 Å². The number of thioether (sulfide) groups is 1. The molecule has 0 aliphatic carbocycles. The highest BCUT2D eigenvalue weighted by atomic mass is 32.2. The van der Waals surface area contributed by atoms with Crippen molar-refractivity contribution >= 4 is 28.7 Å². The number of hydrogen-bond donors (Lipinski definition) is 3. The molecule has 4 N–H and O–H groups in total. The lowest BCUT2D eigenvalue weighted by Crippen LogP contribution is -2.52. The van der Waals surface area contributed by atoms with E-state index >= 15 is 0 Å². The first-order valence-electron chi connectivity index (χ1n) is 17.5. The summed E-state index contributed by atoms with van der Waals surface area (Å²) < 4.78 is 28.2. The first-order valence-corrected chi connectivity index (χ1v) is 18.9. The minimum atomic E-state index is -0.952. The van der Waals surface area contributed by atoms with Gasteiger partial charge in [-0.3, -0.25) is 14.7 Å². The third kappa shape index (κ3) is 10.3. The van der Waals surface area contributed by atoms with E-state index in [0.717, 1.165) is 54.2 Å². The van der Waals surface area contributed by atoms with E-state index in [1.807, 2.05) is 42.9 Å². The maximum absolute atomic E-state index is 14.3. The van der Waals surface area contributed by atoms with Crippen molar-refractivity contribution in [3.05, 3.63) is 82.8 Å². The summed E-state index contributed by atoms with van der Waals surface area (Å²) >= 11 is 1.69. The molecule has 4 aromatic rings. The second-order valence-corrected chi connectivity index (χ2v) is 15.3. The van der Waals surface area contributed by atoms with Crippen molar-refractivity contribution in [1.82, 2.24) is 29.7 Å². The van der Waals surface area contributed by atoms with Crippen molar-refractivity contribution in [3.8, 4) is 11.9 Å². The van der Waals surface area contributed by atoms with Crippen LogP contribution in [0.15, 0.2) is 48.8 Å². The second kappa shape index (κ2) is 17.1. The van der Waals surface area contributed by atoms with Crippen LogP contribution in [0.2, 0.25) is 0 Å². The van der Waals surface area contributed by atoms with Crippen molar-refractivity contribution in [2.45, 2.75) is 90.0 Å². The molecule has 5 rings (SSSR count). The molecule has 278 valence electrons. The fourth-order valence-corrected chi connectivity index (χ4v) is 6.91. The fourth-order valence-electron chi connectivity index (χ4n) is 6.40. The lowest BCUT2D eigenvalue weighted by atomic mass is 9.94. The summed E-state index contributed by atoms with van der Waals surface area (Å²) in [6, 6.07) is 11.7. The molecule has 12 nitrogen and oxygen atoms in total. The maximum atomic E-state index is 14.3. The lowest BCUT2D eigenvalue weighted by Gasteiger charge is -2.35. The number of ether oxygens (including phenoxy) is 2. The molecule has 0 spiro atoms. The molecule has 2 aromatic carbocycles. The van der Waals surface area contributed by atoms with Gasteiger partial charge in [-0.2, -0.15) is 17.0 Å². The van der Waals surface area contributed by atoms with Gasteiger partial charge in [-0.05, 0) is 102 Å². The Hall–Kier alpha value is -4.13. The highest BCUT2D eigenvalue weighted by Crippen LogP contribution is 2.29. The number of amides is 1. The van der Waals surface area contributed by atoms with Crippen LogP contribution < -0.4 is 15.8 Å². The smallest absolute Gasteiger partial charge is 0.253 e. The molecule has 1 amide bonds. The summed E-state index contributed by atoms with van der Waals surface area (Å²) in [6.45, 7) is 10.2. The van der Waals surface area contributed by atoms with Gasteiger partial charge in [0, 0.05) is 29.8 Å². The van der Waals surface area contributed by atoms with Gasteiger partial charge in [-0.1, -0.05) is 6.07 Å². The van der Waals surface area contributed by atoms with Crippen LogP contribution in [0.5, 0.6) is 5.88 Å². The SMILES string of the molecule is CSCCC(O)Cn1c(CN2CCC(c3cncc(OCc4ccc(C#N)cc4F)n3)CC2)nc2ccc(C(=O)NC(C)(C)OC(C)(C)CN)cc21. The van der Waals surface area contributed by atoms with E-state index in [1.165, 1.54) is 12.3 Å². The molecular formula is C38H49FN8O4S. The number of nitrogens with two attached hydrogens (primary N) is 1. The van der Waals surface area contributed by atoms with Gasteiger partial charge < -0.3 is 30.2 Å². The number of aliphatic hydroxyl groups is 1. The van der Waals surface area contributed by atoms with Crippen molar-refractivity contribution in [2.24, 2.45) is 5.73 Å². The first-order chi connectivity index (χ1) is 24.8. The Morgan fingerprint density at radius 2 is 1.94 bits per heavy atom. The average Bonchev–Trinajstić information content (AvgIpc) is 3.45. The highest BCUT2D eigenvalue weighted by molar-refractivity contribution is 7.98. The summed E-state index contributed by atoms with van der Waals surface area (Å²) in [5.41, 5.74) is 7.71. The van der Waals surface area contributed by atoms with Crippen molar-refractivity contribution in [1.29, 1.82) is 5.26 Å². The summed E-state index contributed by atoms with van der Waals surface area (Å²) in [7, 11) is 0. The molecule has 2 aromatic heterocycles. The molecule has 1 aliphatic heterocycles. The number of nitrogens with one attached hydrogen (secondary N) is 1. The van der Waals surface area contributed by atoms with Gasteiger partial charge in [-0.25, -0.2) is 14.4 Å². The quantitative estimate of drug-likeness (QED) is 0.131. The number of benzene rings is 2. The predicted octanol–water partition coefficient (Wildman–Crippen LogP) is 5.13. The topological polar surface area (TPSA) is 164 Å². The zero-order valence-electron chi connectivity index (χ0n) is 30.6. The van der Waals surface area contributed by atoms with Gasteiger partial charge in [0.05, 0.1) is 59.4 Å². The number of nitriles is 1. The average molecular weight is 733 g/mol. The second-order valence-electron chi connectivity index (χ2n) is 14.3. The van der Waals surface area contributed by atoms with Gasteiger partial charge in [0.1, 0.15) is 24.0 Å². The van der Waals surface area contributed by atoms with E-state index in [0.29, 0.717) is 43.1 Å². The highest BCUT2D eigenvalue weighted by Gasteiger charge is 2.30. The number of halogens is 1. The molecule has 0 bridgehead atoms. The number of rotatable bonds is 16. The summed E-state index contributed by atoms with van der Waals surface area (Å²) in [6.07, 6.45) is 7.06. The third-order valence-electron chi connectivity index (χ3n) is 9.14. The number of imidazole rings is 1. The summed E-state index contributed by atoms with van der Waals surface area (Å²) in [5, 5.41) is 23.0. The number of likely N-dealkylation sites (tertiary alicyclic amines) is 1. The molecule has 3 heterocycles. The lowest BCUT2D eigenvalue weighted by molar-refractivity contribution is -0.127. The molecule has 1 fully saturated rings. The van der Waals surface area contributed by atoms with E-state index in [4.69, 9.17) is 25.5 Å². The van der Waals surface area contributed by atoms with E-state index in [2.05, 4.69) is 20.2 Å². The van der Waals surface area contributed by atoms with Crippen LogP contribution in [0.1, 0.15) is 85.9 Å². The fraction of sp³-hybridized carbons (Fsp3) is 0.500. The molecule has 52 heavy (non-hydrogen) atoms. The third-order valence-corrected chi connectivity index (χ3v) is 9.78. The number of fused-ring (bicyclic) bond motifs is 1. The Morgan fingerprint density at radius 1 is 1.17 bits per heavy atom. The Labute approximate surface area is 308 Å². The first kappa shape index (κ1) is 39.1. The summed E-state index contributed by atoms with van der Waals surface area (Å²) in [5.74, 6) is 1.38. The normalized spacial score (nSPS) is 15.1. The molecule has 1 atom stereocenters. The Morgan fingerprint density at radius 3 is 2.63 bits per heavy atom. The van der Waals surface area contributed by atoms with E-state index in [9.17, 15) is 14.3 Å². The number of carbonyl (C=O) groups excluding carboxylic acids is 1. The summed E-state index contributed by atoms with van der Waals surface area (Å²) in [4.78, 5) is 29.8. The minimum absolute atomic E-state index is 0.0210. The number of nitrogens with zero attached hydrogens (tertiary/aromatic N) is 6. The molecule has 1 unspecified atom stereocenters. The zero-order chi connectivity index (χ0) is 37.5. The Kier molecular flexibility index (Phi) is 12.9. The van der Waals surface area contributed by atoms with Gasteiger partial charge in [-0.15, -0.1) is 0 Å². The van der Waals surface area contributed by atoms with Crippen LogP contribution in [-0.4, -0.2) is 84.5 Å². The number of piperidine rings is 1. The predicted molar refractivity (Wildman–Crippen MR) is 199 cm³/mol. The van der Waals surface area contributed by atoms with Crippen LogP contribution in [-0.2, 0) is 24.4 Å². The zero-order valence-corrected chi connectivity index (χ0v) is 31.4. The van der Waals surface area contributed by atoms with Crippen LogP contribution in [0, 0.1) is 17.1 Å². The van der Waals surface area contributed by atoms with E-state index in [-0.39, 0.29) is 24.0 Å². The number of aromatic nitrogens is 4. The van der Waals surface area contributed by atoms with E-state index < -0.39 is 23.2 Å². The van der Waals surface area contributed by atoms with Crippen LogP contribution in [0.3, 0.4) is 0 Å². The molecule has 14 heteroatoms. The molecule has 0 saturated carbocycles. The molecular weight excluding hydrogens is 684 g/mol. The van der Waals surface area contributed by atoms with Crippen LogP contribution in [0.25, 0.3) is 11.0 Å². The number of hydrogen-bond acceptors (Lipinski definition) is 11. The standard InChI is InChI=1S/C38H49FN8O4S/c1-37(2,24-41)51-38(3,4)45-36(49)27-8-9-31-33(17-27)47(21-29(48)12-15-52-5)34(43-31)22-46-13-10-26(11-14-46)32-19-42-20-35(44-32)50-23-28-7-6-25(18-40)16-30(28)39/h6-9,16-17,19-20,26,29,48H,10-15,21-24,41H2,1-5H3,(H,45,49). The van der Waals surface area contributed by atoms with Crippen LogP contribution in [0.4, 0.5) is 4.39 Å². The van der Waals surface area contributed by atoms with E-state index in [1.54, 1.807) is 50.0 Å². The van der Waals surface area contributed by atoms with Crippen molar-refractivity contribution in [2.75, 3.05) is 31.6 Å². The van der Waals surface area contributed by atoms with Gasteiger partial charge in [0.15, 0.2) is 0 Å². The number of carbonyl (C=O) groups is 1. The largest absolute Gasteiger partial charge is 0.472 e. The minimum Gasteiger partial charge on any atom is -0.472 e. The van der Waals surface area contributed by atoms with Crippen molar-refractivity contribution < 1.29 is 23.8 Å². The molecule has 1 aliphatic rings. The molecule has 1 saturated heterocycles. The number of aliphatic hydroxyl groups excluding tert-OH is 1. The Balaban J connectivity index is 1.27. The maximum Gasteiger partial charge on any atom is 0.253 e. The molecule has 0 radical (unpaired) electrons.